The molecule has 1 atom stereocenters. The van der Waals surface area contributed by atoms with Crippen LogP contribution in [0.25, 0.3) is 10.8 Å². The van der Waals surface area contributed by atoms with Gasteiger partial charge in [0.2, 0.25) is 5.91 Å². The first-order chi connectivity index (χ1) is 8.09. The Hall–Kier alpha value is -1.87. The zero-order valence-electron chi connectivity index (χ0n) is 9.92. The summed E-state index contributed by atoms with van der Waals surface area (Å²) in [5.74, 6) is -0.356. The molecule has 2 aromatic carbocycles. The minimum Gasteiger partial charge on any atom is -0.285 e. The number of hydrogen-bond acceptors (Lipinski definition) is 2. The summed E-state index contributed by atoms with van der Waals surface area (Å²) in [6.45, 7) is 3.14. The summed E-state index contributed by atoms with van der Waals surface area (Å²) >= 11 is 0. The Balaban J connectivity index is 2.39. The fourth-order valence-corrected chi connectivity index (χ4v) is 1.88. The van der Waals surface area contributed by atoms with Gasteiger partial charge in [-0.05, 0) is 29.3 Å². The minimum absolute atomic E-state index is 0.336. The molecule has 2 rings (SSSR count). The van der Waals surface area contributed by atoms with Crippen molar-refractivity contribution in [2.24, 2.45) is 0 Å². The molecule has 0 saturated heterocycles. The number of hydroxylamine groups is 2. The van der Waals surface area contributed by atoms with E-state index in [4.69, 9.17) is 0 Å². The van der Waals surface area contributed by atoms with Crippen LogP contribution in [-0.4, -0.2) is 16.2 Å². The number of amides is 1. The Morgan fingerprint density at radius 2 is 1.82 bits per heavy atom. The second-order valence-electron chi connectivity index (χ2n) is 4.15. The van der Waals surface area contributed by atoms with Gasteiger partial charge in [-0.25, -0.2) is 5.06 Å². The average molecular weight is 229 g/mol. The van der Waals surface area contributed by atoms with Gasteiger partial charge in [0.25, 0.3) is 0 Å². The molecule has 0 bridgehead atoms. The van der Waals surface area contributed by atoms with Crippen LogP contribution in [0.2, 0.25) is 0 Å². The molecule has 0 unspecified atom stereocenters. The normalized spacial score (nSPS) is 12.4. The van der Waals surface area contributed by atoms with Crippen LogP contribution in [0.1, 0.15) is 25.5 Å². The molecule has 3 heteroatoms. The van der Waals surface area contributed by atoms with Crippen molar-refractivity contribution < 1.29 is 10.0 Å². The summed E-state index contributed by atoms with van der Waals surface area (Å²) in [6, 6.07) is 13.6. The third-order valence-electron chi connectivity index (χ3n) is 2.95. The Kier molecular flexibility index (Phi) is 3.11. The Morgan fingerprint density at radius 1 is 1.18 bits per heavy atom. The summed E-state index contributed by atoms with van der Waals surface area (Å²) in [5, 5.41) is 12.6. The number of rotatable bonds is 2. The van der Waals surface area contributed by atoms with Crippen molar-refractivity contribution in [1.29, 1.82) is 0 Å². The number of fused-ring (bicyclic) bond motifs is 1. The van der Waals surface area contributed by atoms with Crippen molar-refractivity contribution in [3.63, 3.8) is 0 Å². The van der Waals surface area contributed by atoms with Crippen molar-refractivity contribution in [1.82, 2.24) is 5.06 Å². The van der Waals surface area contributed by atoms with E-state index in [-0.39, 0.29) is 11.9 Å². The molecule has 3 nitrogen and oxygen atoms in total. The molecule has 0 aliphatic heterocycles. The molecule has 0 aliphatic carbocycles. The topological polar surface area (TPSA) is 40.5 Å². The highest BCUT2D eigenvalue weighted by Crippen LogP contribution is 2.23. The fraction of sp³-hybridized carbons (Fsp3) is 0.214. The van der Waals surface area contributed by atoms with E-state index >= 15 is 0 Å². The Bertz CT molecular complexity index is 551. The van der Waals surface area contributed by atoms with Gasteiger partial charge in [-0.2, -0.15) is 0 Å². The quantitative estimate of drug-likeness (QED) is 0.634. The van der Waals surface area contributed by atoms with Crippen LogP contribution in [0.5, 0.6) is 0 Å². The van der Waals surface area contributed by atoms with Gasteiger partial charge in [0.1, 0.15) is 0 Å². The minimum atomic E-state index is -0.356. The van der Waals surface area contributed by atoms with Crippen molar-refractivity contribution in [2.75, 3.05) is 0 Å². The molecular formula is C14H15NO2. The highest BCUT2D eigenvalue weighted by Gasteiger charge is 2.16. The lowest BCUT2D eigenvalue weighted by molar-refractivity contribution is -0.172. The number of benzene rings is 2. The smallest absolute Gasteiger partial charge is 0.243 e. The van der Waals surface area contributed by atoms with Crippen LogP contribution in [-0.2, 0) is 4.79 Å². The second-order valence-corrected chi connectivity index (χ2v) is 4.15. The average Bonchev–Trinajstić information content (AvgIpc) is 2.36. The van der Waals surface area contributed by atoms with Crippen molar-refractivity contribution in [3.05, 3.63) is 48.0 Å². The molecular weight excluding hydrogens is 214 g/mol. The third-order valence-corrected chi connectivity index (χ3v) is 2.95. The van der Waals surface area contributed by atoms with Gasteiger partial charge < -0.3 is 0 Å². The fourth-order valence-electron chi connectivity index (χ4n) is 1.88. The predicted molar refractivity (Wildman–Crippen MR) is 66.7 cm³/mol. The van der Waals surface area contributed by atoms with Crippen LogP contribution in [0.15, 0.2) is 42.5 Å². The molecule has 88 valence electrons. The van der Waals surface area contributed by atoms with Crippen LogP contribution >= 0.6 is 0 Å². The summed E-state index contributed by atoms with van der Waals surface area (Å²) in [7, 11) is 0. The van der Waals surface area contributed by atoms with Gasteiger partial charge in [-0.3, -0.25) is 10.0 Å². The Morgan fingerprint density at radius 3 is 2.47 bits per heavy atom. The standard InChI is InChI=1S/C14H15NO2/c1-10(15(17)11(2)16)13-8-7-12-5-3-4-6-14(12)9-13/h3-10,17H,1-2H3/t10-/m1/s1. The SMILES string of the molecule is CC(=O)N(O)[C@H](C)c1ccc2ccccc2c1. The molecule has 1 N–H and O–H groups in total. The maximum Gasteiger partial charge on any atom is 0.243 e. The van der Waals surface area contributed by atoms with Crippen molar-refractivity contribution in [3.8, 4) is 0 Å². The summed E-state index contributed by atoms with van der Waals surface area (Å²) in [4.78, 5) is 11.1. The molecule has 0 heterocycles. The van der Waals surface area contributed by atoms with Gasteiger partial charge in [0.05, 0.1) is 6.04 Å². The number of carbonyl (C=O) groups is 1. The highest BCUT2D eigenvalue weighted by molar-refractivity contribution is 5.83. The monoisotopic (exact) mass is 229 g/mol. The van der Waals surface area contributed by atoms with E-state index in [1.807, 2.05) is 42.5 Å². The molecule has 17 heavy (non-hydrogen) atoms. The number of hydrogen-bond donors (Lipinski definition) is 1. The molecule has 0 spiro atoms. The summed E-state index contributed by atoms with van der Waals surface area (Å²) < 4.78 is 0. The van der Waals surface area contributed by atoms with Gasteiger partial charge >= 0.3 is 0 Å². The first-order valence-electron chi connectivity index (χ1n) is 5.57. The van der Waals surface area contributed by atoms with Crippen molar-refractivity contribution >= 4 is 16.7 Å². The lowest BCUT2D eigenvalue weighted by Gasteiger charge is -2.21. The lowest BCUT2D eigenvalue weighted by Crippen LogP contribution is -2.27. The highest BCUT2D eigenvalue weighted by atomic mass is 16.5. The van der Waals surface area contributed by atoms with E-state index in [2.05, 4.69) is 0 Å². The molecule has 0 aromatic heterocycles. The molecule has 1 amide bonds. The second kappa shape index (κ2) is 4.55. The van der Waals surface area contributed by atoms with Crippen LogP contribution in [0.4, 0.5) is 0 Å². The maximum atomic E-state index is 11.1. The zero-order chi connectivity index (χ0) is 12.4. The maximum absolute atomic E-state index is 11.1. The van der Waals surface area contributed by atoms with E-state index in [0.29, 0.717) is 0 Å². The van der Waals surface area contributed by atoms with E-state index in [1.165, 1.54) is 6.92 Å². The number of nitrogens with zero attached hydrogens (tertiary/aromatic N) is 1. The van der Waals surface area contributed by atoms with Crippen molar-refractivity contribution in [2.45, 2.75) is 19.9 Å². The molecule has 0 fully saturated rings. The summed E-state index contributed by atoms with van der Waals surface area (Å²) in [6.07, 6.45) is 0. The molecule has 0 saturated carbocycles. The first kappa shape index (κ1) is 11.6. The molecule has 0 radical (unpaired) electrons. The van der Waals surface area contributed by atoms with Crippen LogP contribution < -0.4 is 0 Å². The van der Waals surface area contributed by atoms with E-state index in [0.717, 1.165) is 21.4 Å². The lowest BCUT2D eigenvalue weighted by atomic mass is 10.0. The zero-order valence-corrected chi connectivity index (χ0v) is 9.92. The first-order valence-corrected chi connectivity index (χ1v) is 5.57. The third kappa shape index (κ3) is 2.29. The largest absolute Gasteiger partial charge is 0.285 e. The predicted octanol–water partition coefficient (Wildman–Crippen LogP) is 3.14. The van der Waals surface area contributed by atoms with Gasteiger partial charge in [0.15, 0.2) is 0 Å². The van der Waals surface area contributed by atoms with E-state index < -0.39 is 0 Å². The van der Waals surface area contributed by atoms with E-state index in [1.54, 1.807) is 6.92 Å². The summed E-state index contributed by atoms with van der Waals surface area (Å²) in [5.41, 5.74) is 0.918. The molecule has 2 aromatic rings. The van der Waals surface area contributed by atoms with Crippen LogP contribution in [0, 0.1) is 0 Å². The Labute approximate surface area is 100 Å². The van der Waals surface area contributed by atoms with E-state index in [9.17, 15) is 10.0 Å². The van der Waals surface area contributed by atoms with Gasteiger partial charge in [-0.15, -0.1) is 0 Å². The van der Waals surface area contributed by atoms with Crippen LogP contribution in [0.3, 0.4) is 0 Å². The molecule has 0 aliphatic rings. The number of carbonyl (C=O) groups excluding carboxylic acids is 1. The van der Waals surface area contributed by atoms with Gasteiger partial charge in [0, 0.05) is 6.92 Å². The van der Waals surface area contributed by atoms with Gasteiger partial charge in [-0.1, -0.05) is 36.4 Å².